The Labute approximate surface area is 261 Å². The molecule has 14 nitrogen and oxygen atoms in total. The van der Waals surface area contributed by atoms with Gasteiger partial charge in [0, 0.05) is 38.8 Å². The van der Waals surface area contributed by atoms with E-state index in [1.54, 1.807) is 80.9 Å². The molecule has 0 fully saturated rings. The second kappa shape index (κ2) is 15.1. The van der Waals surface area contributed by atoms with E-state index in [1.165, 1.54) is 25.1 Å². The first-order chi connectivity index (χ1) is 21.2. The number of benzene rings is 1. The summed E-state index contributed by atoms with van der Waals surface area (Å²) in [4.78, 5) is 73.0. The average Bonchev–Trinajstić information content (AvgIpc) is 3.42. The number of nitrogens with one attached hydrogen (secondary N) is 1. The van der Waals surface area contributed by atoms with Gasteiger partial charge in [0.05, 0.1) is 31.5 Å². The first-order valence-electron chi connectivity index (χ1n) is 14.3. The molecule has 0 aliphatic heterocycles. The quantitative estimate of drug-likeness (QED) is 0.129. The third-order valence-corrected chi connectivity index (χ3v) is 6.71. The van der Waals surface area contributed by atoms with Crippen LogP contribution in [0.2, 0.25) is 0 Å². The van der Waals surface area contributed by atoms with Gasteiger partial charge in [0.25, 0.3) is 11.5 Å². The Balaban J connectivity index is 1.78. The fourth-order valence-electron chi connectivity index (χ4n) is 4.15. The lowest BCUT2D eigenvalue weighted by Gasteiger charge is -2.18. The number of amides is 1. The molecule has 1 N–H and O–H groups in total. The first kappa shape index (κ1) is 34.5. The maximum absolute atomic E-state index is 13.6. The monoisotopic (exact) mass is 624 g/mol. The first-order valence-corrected chi connectivity index (χ1v) is 14.3. The third-order valence-electron chi connectivity index (χ3n) is 6.71. The van der Waals surface area contributed by atoms with E-state index in [2.05, 4.69) is 20.0 Å². The minimum absolute atomic E-state index is 0.0348. The summed E-state index contributed by atoms with van der Waals surface area (Å²) < 4.78 is 17.8. The minimum Gasteiger partial charge on any atom is -0.469 e. The lowest BCUT2D eigenvalue weighted by Crippen LogP contribution is -2.41. The van der Waals surface area contributed by atoms with E-state index in [1.807, 2.05) is 0 Å². The molecule has 0 saturated heterocycles. The lowest BCUT2D eigenvalue weighted by atomic mass is 9.98. The lowest BCUT2D eigenvalue weighted by molar-refractivity contribution is -0.157. The maximum Gasteiger partial charge on any atom is 0.328 e. The zero-order valence-corrected chi connectivity index (χ0v) is 26.7. The number of esters is 3. The predicted molar refractivity (Wildman–Crippen MR) is 166 cm³/mol. The molecule has 1 aromatic carbocycles. The molecule has 0 radical (unpaired) electrons. The SMILES string of the molecule is COC(=O)CC[C@H](NC(=O)c1ccc(CCn2ccc3nc(/N=C/N(C)C)n(COC(=O)C(C)(C)C)c(=O)c32)cc1)C(=O)OC. The number of methoxy groups -OCH3 is 2. The molecule has 45 heavy (non-hydrogen) atoms. The van der Waals surface area contributed by atoms with Crippen molar-refractivity contribution in [3.63, 3.8) is 0 Å². The van der Waals surface area contributed by atoms with Crippen molar-refractivity contribution in [3.05, 3.63) is 58.0 Å². The van der Waals surface area contributed by atoms with Gasteiger partial charge in [-0.05, 0) is 57.4 Å². The highest BCUT2D eigenvalue weighted by Gasteiger charge is 2.25. The predicted octanol–water partition coefficient (Wildman–Crippen LogP) is 2.43. The normalized spacial score (nSPS) is 12.2. The number of carbonyl (C=O) groups excluding carboxylic acids is 4. The van der Waals surface area contributed by atoms with Gasteiger partial charge >= 0.3 is 17.9 Å². The smallest absolute Gasteiger partial charge is 0.328 e. The van der Waals surface area contributed by atoms with Crippen LogP contribution in [0.1, 0.15) is 49.5 Å². The third kappa shape index (κ3) is 9.24. The number of aliphatic imine (C=N–C) groups is 1. The van der Waals surface area contributed by atoms with Gasteiger partial charge in [0.15, 0.2) is 6.73 Å². The molecule has 3 rings (SSSR count). The van der Waals surface area contributed by atoms with Gasteiger partial charge in [-0.15, -0.1) is 0 Å². The van der Waals surface area contributed by atoms with E-state index < -0.39 is 40.8 Å². The van der Waals surface area contributed by atoms with Crippen molar-refractivity contribution in [2.45, 2.75) is 59.4 Å². The topological polar surface area (TPSA) is 163 Å². The summed E-state index contributed by atoms with van der Waals surface area (Å²) in [5, 5.41) is 2.60. The highest BCUT2D eigenvalue weighted by Crippen LogP contribution is 2.19. The molecule has 14 heteroatoms. The second-order valence-corrected chi connectivity index (χ2v) is 11.5. The number of aryl methyl sites for hydroxylation is 2. The van der Waals surface area contributed by atoms with Gasteiger partial charge in [-0.3, -0.25) is 19.2 Å². The van der Waals surface area contributed by atoms with Crippen LogP contribution in [-0.4, -0.2) is 83.5 Å². The zero-order chi connectivity index (χ0) is 33.3. The van der Waals surface area contributed by atoms with E-state index in [-0.39, 0.29) is 25.5 Å². The summed E-state index contributed by atoms with van der Waals surface area (Å²) in [6, 6.07) is 7.52. The van der Waals surface area contributed by atoms with Crippen LogP contribution in [0.4, 0.5) is 5.95 Å². The molecule has 1 atom stereocenters. The number of carbonyl (C=O) groups is 4. The van der Waals surface area contributed by atoms with Crippen LogP contribution < -0.4 is 10.9 Å². The number of hydrogen-bond acceptors (Lipinski definition) is 10. The van der Waals surface area contributed by atoms with E-state index in [0.717, 1.165) is 5.56 Å². The second-order valence-electron chi connectivity index (χ2n) is 11.5. The number of rotatable bonds is 13. The van der Waals surface area contributed by atoms with Crippen LogP contribution >= 0.6 is 0 Å². The summed E-state index contributed by atoms with van der Waals surface area (Å²) in [6.07, 6.45) is 3.76. The van der Waals surface area contributed by atoms with Crippen molar-refractivity contribution in [2.75, 3.05) is 28.3 Å². The van der Waals surface area contributed by atoms with Gasteiger partial charge in [-0.2, -0.15) is 0 Å². The molecule has 0 unspecified atom stereocenters. The summed E-state index contributed by atoms with van der Waals surface area (Å²) in [5.74, 6) is -2.03. The molecule has 0 bridgehead atoms. The summed E-state index contributed by atoms with van der Waals surface area (Å²) >= 11 is 0. The standard InChI is InChI=1S/C31H40N6O8/c1-31(2,3)29(42)45-19-37-27(40)25-22(34-30(37)32-18-35(4)5)15-17-36(25)16-14-20-8-10-21(11-9-20)26(39)33-23(28(41)44-7)12-13-24(38)43-6/h8-11,15,17-18,23H,12-14,16,19H2,1-7H3,(H,33,39)/b32-18+/t23-/m0/s1. The van der Waals surface area contributed by atoms with Crippen LogP contribution in [0, 0.1) is 5.41 Å². The molecular formula is C31H40N6O8. The van der Waals surface area contributed by atoms with Crippen molar-refractivity contribution >= 4 is 47.1 Å². The fraction of sp³-hybridized carbons (Fsp3) is 0.452. The van der Waals surface area contributed by atoms with E-state index in [9.17, 15) is 24.0 Å². The van der Waals surface area contributed by atoms with Crippen molar-refractivity contribution < 1.29 is 33.4 Å². The van der Waals surface area contributed by atoms with E-state index in [4.69, 9.17) is 9.47 Å². The van der Waals surface area contributed by atoms with Crippen LogP contribution in [0.15, 0.2) is 46.3 Å². The van der Waals surface area contributed by atoms with Crippen LogP contribution in [-0.2, 0) is 48.3 Å². The molecule has 0 aliphatic rings. The summed E-state index contributed by atoms with van der Waals surface area (Å²) in [7, 11) is 6.01. The zero-order valence-electron chi connectivity index (χ0n) is 26.7. The van der Waals surface area contributed by atoms with E-state index in [0.29, 0.717) is 29.6 Å². The Kier molecular flexibility index (Phi) is 11.6. The van der Waals surface area contributed by atoms with Gasteiger partial charge in [-0.25, -0.2) is 19.3 Å². The van der Waals surface area contributed by atoms with Gasteiger partial charge in [-0.1, -0.05) is 12.1 Å². The highest BCUT2D eigenvalue weighted by atomic mass is 16.5. The highest BCUT2D eigenvalue weighted by molar-refractivity contribution is 5.96. The molecule has 2 aromatic heterocycles. The molecule has 3 aromatic rings. The Morgan fingerprint density at radius 2 is 1.76 bits per heavy atom. The minimum atomic E-state index is -1.01. The Morgan fingerprint density at radius 3 is 2.36 bits per heavy atom. The molecule has 0 saturated carbocycles. The fourth-order valence-corrected chi connectivity index (χ4v) is 4.15. The van der Waals surface area contributed by atoms with Gasteiger partial charge in [0.2, 0.25) is 5.95 Å². The molecule has 0 spiro atoms. The van der Waals surface area contributed by atoms with E-state index >= 15 is 0 Å². The van der Waals surface area contributed by atoms with Crippen molar-refractivity contribution in [1.29, 1.82) is 0 Å². The van der Waals surface area contributed by atoms with Crippen molar-refractivity contribution in [1.82, 2.24) is 24.3 Å². The average molecular weight is 625 g/mol. The molecule has 2 heterocycles. The molecule has 1 amide bonds. The Morgan fingerprint density at radius 1 is 1.07 bits per heavy atom. The summed E-state index contributed by atoms with van der Waals surface area (Å²) in [5.41, 5.74) is 0.837. The Hall–Kier alpha value is -5.01. The molecular weight excluding hydrogens is 584 g/mol. The largest absolute Gasteiger partial charge is 0.469 e. The van der Waals surface area contributed by atoms with Gasteiger partial charge < -0.3 is 29.0 Å². The number of ether oxygens (including phenoxy) is 3. The molecule has 0 aliphatic carbocycles. The van der Waals surface area contributed by atoms with Gasteiger partial charge in [0.1, 0.15) is 11.6 Å². The van der Waals surface area contributed by atoms with Crippen LogP contribution in [0.5, 0.6) is 0 Å². The van der Waals surface area contributed by atoms with Crippen LogP contribution in [0.3, 0.4) is 0 Å². The van der Waals surface area contributed by atoms with Crippen molar-refractivity contribution in [3.8, 4) is 0 Å². The Bertz CT molecular complexity index is 1620. The number of nitrogens with zero attached hydrogens (tertiary/aromatic N) is 5. The summed E-state index contributed by atoms with van der Waals surface area (Å²) in [6.45, 7) is 5.25. The van der Waals surface area contributed by atoms with Crippen molar-refractivity contribution in [2.24, 2.45) is 10.4 Å². The number of hydrogen-bond donors (Lipinski definition) is 1. The molecule has 242 valence electrons. The maximum atomic E-state index is 13.6. The number of aromatic nitrogens is 3. The van der Waals surface area contributed by atoms with Crippen LogP contribution in [0.25, 0.3) is 11.0 Å². The number of fused-ring (bicyclic) bond motifs is 1.